The molecular weight excluding hydrogens is 336 g/mol. The van der Waals surface area contributed by atoms with Crippen LogP contribution in [0.15, 0.2) is 18.2 Å². The molecule has 7 nitrogen and oxygen atoms in total. The zero-order valence-corrected chi connectivity index (χ0v) is 14.2. The summed E-state index contributed by atoms with van der Waals surface area (Å²) in [5, 5.41) is 11.8. The van der Waals surface area contributed by atoms with E-state index in [1.54, 1.807) is 25.1 Å². The Balaban J connectivity index is 2.09. The number of halogens is 1. The van der Waals surface area contributed by atoms with Crippen molar-refractivity contribution in [3.63, 3.8) is 0 Å². The first-order valence-electron chi connectivity index (χ1n) is 7.48. The largest absolute Gasteiger partial charge is 0.495 e. The van der Waals surface area contributed by atoms with Crippen molar-refractivity contribution in [2.24, 2.45) is 5.92 Å². The first kappa shape index (κ1) is 18.1. The molecule has 0 radical (unpaired) electrons. The Morgan fingerprint density at radius 2 is 2.21 bits per heavy atom. The maximum Gasteiger partial charge on any atom is 0.305 e. The number of aliphatic carboxylic acids is 1. The van der Waals surface area contributed by atoms with E-state index in [1.165, 1.54) is 12.0 Å². The molecule has 2 unspecified atom stereocenters. The maximum atomic E-state index is 12.3. The quantitative estimate of drug-likeness (QED) is 0.810. The smallest absolute Gasteiger partial charge is 0.305 e. The van der Waals surface area contributed by atoms with Crippen molar-refractivity contribution < 1.29 is 24.2 Å². The lowest BCUT2D eigenvalue weighted by Crippen LogP contribution is -2.39. The minimum absolute atomic E-state index is 0.0568. The summed E-state index contributed by atoms with van der Waals surface area (Å²) in [6.07, 6.45) is -0.112. The second-order valence-electron chi connectivity index (χ2n) is 5.73. The number of ether oxygens (including phenoxy) is 1. The molecule has 24 heavy (non-hydrogen) atoms. The zero-order chi connectivity index (χ0) is 17.9. The van der Waals surface area contributed by atoms with Gasteiger partial charge in [-0.1, -0.05) is 11.6 Å². The van der Waals surface area contributed by atoms with Gasteiger partial charge in [-0.05, 0) is 25.1 Å². The summed E-state index contributed by atoms with van der Waals surface area (Å²) in [5.41, 5.74) is 0.517. The van der Waals surface area contributed by atoms with Crippen molar-refractivity contribution in [2.45, 2.75) is 25.8 Å². The fourth-order valence-electron chi connectivity index (χ4n) is 2.66. The van der Waals surface area contributed by atoms with Gasteiger partial charge in [0.15, 0.2) is 0 Å². The van der Waals surface area contributed by atoms with E-state index in [-0.39, 0.29) is 31.2 Å². The number of amides is 2. The SMILES string of the molecule is COc1ccc(Cl)cc1N1CC(C(=O)NC(C)CC(=O)O)CC1=O. The number of methoxy groups -OCH3 is 1. The molecule has 1 fully saturated rings. The fourth-order valence-corrected chi connectivity index (χ4v) is 2.83. The zero-order valence-electron chi connectivity index (χ0n) is 13.4. The predicted octanol–water partition coefficient (Wildman–Crippen LogP) is 1.68. The summed E-state index contributed by atoms with van der Waals surface area (Å²) >= 11 is 5.99. The Morgan fingerprint density at radius 3 is 2.83 bits per heavy atom. The van der Waals surface area contributed by atoms with Gasteiger partial charge in [-0.25, -0.2) is 0 Å². The number of hydrogen-bond donors (Lipinski definition) is 2. The van der Waals surface area contributed by atoms with E-state index in [1.807, 2.05) is 0 Å². The highest BCUT2D eigenvalue weighted by Gasteiger charge is 2.36. The number of carbonyl (C=O) groups is 3. The van der Waals surface area contributed by atoms with Crippen LogP contribution in [0.25, 0.3) is 0 Å². The summed E-state index contributed by atoms with van der Waals surface area (Å²) in [6.45, 7) is 1.81. The van der Waals surface area contributed by atoms with Gasteiger partial charge in [0.2, 0.25) is 11.8 Å². The molecule has 1 aliphatic heterocycles. The van der Waals surface area contributed by atoms with Crippen LogP contribution in [0.2, 0.25) is 5.02 Å². The Kier molecular flexibility index (Phi) is 5.66. The number of nitrogens with zero attached hydrogens (tertiary/aromatic N) is 1. The molecule has 0 aromatic heterocycles. The number of nitrogens with one attached hydrogen (secondary N) is 1. The van der Waals surface area contributed by atoms with Gasteiger partial charge in [0, 0.05) is 24.0 Å². The van der Waals surface area contributed by atoms with Gasteiger partial charge in [0.25, 0.3) is 0 Å². The Hall–Kier alpha value is -2.28. The normalized spacial score (nSPS) is 18.4. The third-order valence-electron chi connectivity index (χ3n) is 3.80. The van der Waals surface area contributed by atoms with Gasteiger partial charge in [-0.3, -0.25) is 14.4 Å². The standard InChI is InChI=1S/C16H19ClN2O5/c1-9(5-15(21)22)18-16(23)10-6-14(20)19(8-10)12-7-11(17)3-4-13(12)24-2/h3-4,7,9-10H,5-6,8H2,1-2H3,(H,18,23)(H,21,22). The summed E-state index contributed by atoms with van der Waals surface area (Å²) in [6, 6.07) is 4.43. The van der Waals surface area contributed by atoms with Crippen molar-refractivity contribution in [3.05, 3.63) is 23.2 Å². The average molecular weight is 355 g/mol. The van der Waals surface area contributed by atoms with Crippen molar-refractivity contribution in [2.75, 3.05) is 18.6 Å². The van der Waals surface area contributed by atoms with Crippen LogP contribution in [0.5, 0.6) is 5.75 Å². The number of rotatable bonds is 6. The highest BCUT2D eigenvalue weighted by atomic mass is 35.5. The van der Waals surface area contributed by atoms with Crippen LogP contribution in [0.3, 0.4) is 0 Å². The predicted molar refractivity (Wildman–Crippen MR) is 88.3 cm³/mol. The molecule has 1 saturated heterocycles. The van der Waals surface area contributed by atoms with Gasteiger partial charge in [0.1, 0.15) is 5.75 Å². The number of carboxylic acid groups (broad SMARTS) is 1. The molecule has 1 aromatic rings. The molecule has 130 valence electrons. The number of carboxylic acids is 1. The van der Waals surface area contributed by atoms with Crippen molar-refractivity contribution in [1.82, 2.24) is 5.32 Å². The topological polar surface area (TPSA) is 95.9 Å². The minimum atomic E-state index is -0.990. The lowest BCUT2D eigenvalue weighted by Gasteiger charge is -2.20. The summed E-state index contributed by atoms with van der Waals surface area (Å²) in [4.78, 5) is 36.7. The van der Waals surface area contributed by atoms with E-state index in [2.05, 4.69) is 5.32 Å². The monoisotopic (exact) mass is 354 g/mol. The molecule has 0 saturated carbocycles. The van der Waals surface area contributed by atoms with Crippen LogP contribution >= 0.6 is 11.6 Å². The van der Waals surface area contributed by atoms with Gasteiger partial charge >= 0.3 is 5.97 Å². The molecule has 8 heteroatoms. The summed E-state index contributed by atoms with van der Waals surface area (Å²) < 4.78 is 5.25. The molecule has 1 aliphatic rings. The number of benzene rings is 1. The molecule has 1 heterocycles. The van der Waals surface area contributed by atoms with Crippen LogP contribution in [-0.2, 0) is 14.4 Å². The summed E-state index contributed by atoms with van der Waals surface area (Å²) in [7, 11) is 1.49. The molecule has 1 aromatic carbocycles. The van der Waals surface area contributed by atoms with Gasteiger partial charge < -0.3 is 20.1 Å². The van der Waals surface area contributed by atoms with Gasteiger partial charge in [0.05, 0.1) is 25.1 Å². The first-order chi connectivity index (χ1) is 11.3. The van der Waals surface area contributed by atoms with E-state index >= 15 is 0 Å². The minimum Gasteiger partial charge on any atom is -0.495 e. The Bertz CT molecular complexity index is 664. The molecule has 2 rings (SSSR count). The van der Waals surface area contributed by atoms with E-state index in [0.29, 0.717) is 16.5 Å². The van der Waals surface area contributed by atoms with Crippen LogP contribution in [-0.4, -0.2) is 42.6 Å². The highest BCUT2D eigenvalue weighted by Crippen LogP contribution is 2.35. The van der Waals surface area contributed by atoms with Crippen molar-refractivity contribution in [3.8, 4) is 5.75 Å². The van der Waals surface area contributed by atoms with Crippen molar-refractivity contribution >= 4 is 35.1 Å². The Labute approximate surface area is 144 Å². The van der Waals surface area contributed by atoms with Crippen LogP contribution in [0, 0.1) is 5.92 Å². The number of carbonyl (C=O) groups excluding carboxylic acids is 2. The molecule has 0 spiro atoms. The number of anilines is 1. The molecule has 2 amide bonds. The molecule has 2 N–H and O–H groups in total. The fraction of sp³-hybridized carbons (Fsp3) is 0.438. The second kappa shape index (κ2) is 7.53. The molecule has 0 aliphatic carbocycles. The van der Waals surface area contributed by atoms with E-state index in [9.17, 15) is 14.4 Å². The van der Waals surface area contributed by atoms with Gasteiger partial charge in [-0.2, -0.15) is 0 Å². The molecular formula is C16H19ClN2O5. The third kappa shape index (κ3) is 4.17. The van der Waals surface area contributed by atoms with E-state index in [4.69, 9.17) is 21.4 Å². The van der Waals surface area contributed by atoms with Gasteiger partial charge in [-0.15, -0.1) is 0 Å². The lowest BCUT2D eigenvalue weighted by atomic mass is 10.1. The van der Waals surface area contributed by atoms with Crippen molar-refractivity contribution in [1.29, 1.82) is 0 Å². The van der Waals surface area contributed by atoms with Crippen LogP contribution < -0.4 is 15.0 Å². The van der Waals surface area contributed by atoms with Crippen LogP contribution in [0.1, 0.15) is 19.8 Å². The maximum absolute atomic E-state index is 12.3. The van der Waals surface area contributed by atoms with E-state index < -0.39 is 17.9 Å². The van der Waals surface area contributed by atoms with E-state index in [0.717, 1.165) is 0 Å². The second-order valence-corrected chi connectivity index (χ2v) is 6.17. The molecule has 0 bridgehead atoms. The third-order valence-corrected chi connectivity index (χ3v) is 4.03. The highest BCUT2D eigenvalue weighted by molar-refractivity contribution is 6.31. The number of hydrogen-bond acceptors (Lipinski definition) is 4. The lowest BCUT2D eigenvalue weighted by molar-refractivity contribution is -0.137. The Morgan fingerprint density at radius 1 is 1.50 bits per heavy atom. The summed E-state index contributed by atoms with van der Waals surface area (Å²) in [5.74, 6) is -1.58. The molecule has 2 atom stereocenters. The first-order valence-corrected chi connectivity index (χ1v) is 7.85. The average Bonchev–Trinajstić information content (AvgIpc) is 2.88. The van der Waals surface area contributed by atoms with Crippen LogP contribution in [0.4, 0.5) is 5.69 Å².